The van der Waals surface area contributed by atoms with Crippen molar-refractivity contribution < 1.29 is 14.0 Å². The molecule has 1 atom stereocenters. The van der Waals surface area contributed by atoms with Crippen LogP contribution in [0.3, 0.4) is 0 Å². The van der Waals surface area contributed by atoms with Gasteiger partial charge in [0.25, 0.3) is 0 Å². The van der Waals surface area contributed by atoms with Gasteiger partial charge in [0.2, 0.25) is 5.91 Å². The van der Waals surface area contributed by atoms with Gasteiger partial charge in [0.1, 0.15) is 5.82 Å². The zero-order valence-corrected chi connectivity index (χ0v) is 16.1. The fraction of sp³-hybridized carbons (Fsp3) is 0.333. The van der Waals surface area contributed by atoms with Crippen molar-refractivity contribution >= 4 is 17.6 Å². The first-order valence-corrected chi connectivity index (χ1v) is 8.93. The van der Waals surface area contributed by atoms with E-state index >= 15 is 0 Å². The molecule has 0 bridgehead atoms. The SMILES string of the molecule is Cc1ccc(NC(=O)NC(=O)CN[C@@H](c2ccc(F)cc2)C(C)C)c(C)c1. The summed E-state index contributed by atoms with van der Waals surface area (Å²) in [5.74, 6) is -0.556. The summed E-state index contributed by atoms with van der Waals surface area (Å²) < 4.78 is 13.1. The van der Waals surface area contributed by atoms with Gasteiger partial charge < -0.3 is 10.6 Å². The zero-order valence-electron chi connectivity index (χ0n) is 16.1. The molecule has 0 saturated carbocycles. The van der Waals surface area contributed by atoms with Gasteiger partial charge in [-0.15, -0.1) is 0 Å². The molecule has 6 heteroatoms. The molecular weight excluding hydrogens is 345 g/mol. The highest BCUT2D eigenvalue weighted by molar-refractivity contribution is 6.02. The normalized spacial score (nSPS) is 11.9. The van der Waals surface area contributed by atoms with Crippen LogP contribution in [0.25, 0.3) is 0 Å². The minimum Gasteiger partial charge on any atom is -0.307 e. The quantitative estimate of drug-likeness (QED) is 0.717. The van der Waals surface area contributed by atoms with Crippen LogP contribution in [0.5, 0.6) is 0 Å². The highest BCUT2D eigenvalue weighted by atomic mass is 19.1. The van der Waals surface area contributed by atoms with Crippen molar-refractivity contribution in [3.05, 3.63) is 65.0 Å². The molecule has 0 spiro atoms. The summed E-state index contributed by atoms with van der Waals surface area (Å²) in [7, 11) is 0. The smallest absolute Gasteiger partial charge is 0.307 e. The molecule has 0 heterocycles. The molecule has 0 aromatic heterocycles. The van der Waals surface area contributed by atoms with Crippen LogP contribution in [0, 0.1) is 25.6 Å². The topological polar surface area (TPSA) is 70.2 Å². The standard InChI is InChI=1S/C21H26FN3O2/c1-13(2)20(16-6-8-17(22)9-7-16)23-12-19(26)25-21(27)24-18-10-5-14(3)11-15(18)4/h5-11,13,20,23H,12H2,1-4H3,(H2,24,25,26,27)/t20-/m1/s1. The van der Waals surface area contributed by atoms with Crippen molar-refractivity contribution in [1.29, 1.82) is 0 Å². The first-order valence-electron chi connectivity index (χ1n) is 8.93. The van der Waals surface area contributed by atoms with Crippen molar-refractivity contribution in [3.8, 4) is 0 Å². The van der Waals surface area contributed by atoms with E-state index < -0.39 is 11.9 Å². The molecule has 5 nitrogen and oxygen atoms in total. The number of imide groups is 1. The van der Waals surface area contributed by atoms with Crippen LogP contribution < -0.4 is 16.0 Å². The minimum atomic E-state index is -0.573. The third-order valence-electron chi connectivity index (χ3n) is 4.26. The van der Waals surface area contributed by atoms with Crippen LogP contribution in [-0.2, 0) is 4.79 Å². The van der Waals surface area contributed by atoms with E-state index in [0.717, 1.165) is 16.7 Å². The number of hydrogen-bond acceptors (Lipinski definition) is 3. The van der Waals surface area contributed by atoms with E-state index in [4.69, 9.17) is 0 Å². The lowest BCUT2D eigenvalue weighted by atomic mass is 9.96. The van der Waals surface area contributed by atoms with E-state index in [1.54, 1.807) is 18.2 Å². The van der Waals surface area contributed by atoms with E-state index in [1.165, 1.54) is 12.1 Å². The Labute approximate surface area is 159 Å². The van der Waals surface area contributed by atoms with E-state index in [0.29, 0.717) is 5.69 Å². The number of halogens is 1. The Hall–Kier alpha value is -2.73. The number of amides is 3. The van der Waals surface area contributed by atoms with E-state index in [9.17, 15) is 14.0 Å². The average molecular weight is 371 g/mol. The Balaban J connectivity index is 1.89. The molecule has 0 saturated heterocycles. The lowest BCUT2D eigenvalue weighted by molar-refractivity contribution is -0.119. The Morgan fingerprint density at radius 1 is 1.04 bits per heavy atom. The summed E-state index contributed by atoms with van der Waals surface area (Å²) in [6.07, 6.45) is 0. The number of nitrogens with one attached hydrogen (secondary N) is 3. The first-order chi connectivity index (χ1) is 12.8. The summed E-state index contributed by atoms with van der Waals surface area (Å²) in [5, 5.41) is 8.12. The van der Waals surface area contributed by atoms with E-state index in [-0.39, 0.29) is 24.3 Å². The van der Waals surface area contributed by atoms with Gasteiger partial charge in [-0.2, -0.15) is 0 Å². The fourth-order valence-electron chi connectivity index (χ4n) is 2.89. The van der Waals surface area contributed by atoms with Gasteiger partial charge in [0.15, 0.2) is 0 Å². The van der Waals surface area contributed by atoms with Gasteiger partial charge in [-0.25, -0.2) is 9.18 Å². The van der Waals surface area contributed by atoms with Gasteiger partial charge in [-0.3, -0.25) is 10.1 Å². The molecular formula is C21H26FN3O2. The van der Waals surface area contributed by atoms with Crippen molar-refractivity contribution in [3.63, 3.8) is 0 Å². The van der Waals surface area contributed by atoms with Gasteiger partial charge in [-0.05, 0) is 49.1 Å². The van der Waals surface area contributed by atoms with Gasteiger partial charge >= 0.3 is 6.03 Å². The van der Waals surface area contributed by atoms with Crippen LogP contribution in [0.15, 0.2) is 42.5 Å². The minimum absolute atomic E-state index is 0.0273. The highest BCUT2D eigenvalue weighted by Gasteiger charge is 2.17. The molecule has 0 unspecified atom stereocenters. The van der Waals surface area contributed by atoms with Gasteiger partial charge in [0, 0.05) is 11.7 Å². The maximum Gasteiger partial charge on any atom is 0.325 e. The van der Waals surface area contributed by atoms with Crippen LogP contribution >= 0.6 is 0 Å². The predicted octanol–water partition coefficient (Wildman–Crippen LogP) is 4.08. The number of anilines is 1. The second-order valence-corrected chi connectivity index (χ2v) is 6.97. The molecule has 2 aromatic carbocycles. The van der Waals surface area contributed by atoms with E-state index in [2.05, 4.69) is 16.0 Å². The first kappa shape index (κ1) is 20.6. The lowest BCUT2D eigenvalue weighted by Crippen LogP contribution is -2.41. The maximum atomic E-state index is 13.1. The predicted molar refractivity (Wildman–Crippen MR) is 105 cm³/mol. The number of hydrogen-bond donors (Lipinski definition) is 3. The fourth-order valence-corrected chi connectivity index (χ4v) is 2.89. The number of carbonyl (C=O) groups excluding carboxylic acids is 2. The molecule has 144 valence electrons. The van der Waals surface area contributed by atoms with Gasteiger partial charge in [0.05, 0.1) is 6.54 Å². The summed E-state index contributed by atoms with van der Waals surface area (Å²) in [6.45, 7) is 7.85. The Morgan fingerprint density at radius 2 is 1.70 bits per heavy atom. The molecule has 0 aliphatic rings. The molecule has 0 radical (unpaired) electrons. The molecule has 2 aromatic rings. The number of urea groups is 1. The molecule has 2 rings (SSSR count). The summed E-state index contributed by atoms with van der Waals surface area (Å²) in [5.41, 5.74) is 3.57. The summed E-state index contributed by atoms with van der Waals surface area (Å²) in [4.78, 5) is 24.1. The number of aryl methyl sites for hydroxylation is 2. The van der Waals surface area contributed by atoms with Crippen LogP contribution in [0.1, 0.15) is 36.6 Å². The molecule has 0 fully saturated rings. The largest absolute Gasteiger partial charge is 0.325 e. The summed E-state index contributed by atoms with van der Waals surface area (Å²) in [6, 6.07) is 11.1. The molecule has 0 aliphatic heterocycles. The second kappa shape index (κ2) is 9.28. The van der Waals surface area contributed by atoms with Crippen molar-refractivity contribution in [2.24, 2.45) is 5.92 Å². The Kier molecular flexibility index (Phi) is 7.07. The van der Waals surface area contributed by atoms with Crippen molar-refractivity contribution in [2.75, 3.05) is 11.9 Å². The zero-order chi connectivity index (χ0) is 20.0. The number of rotatable bonds is 6. The molecule has 0 aliphatic carbocycles. The lowest BCUT2D eigenvalue weighted by Gasteiger charge is -2.22. The third kappa shape index (κ3) is 6.18. The van der Waals surface area contributed by atoms with Crippen LogP contribution in [0.4, 0.5) is 14.9 Å². The van der Waals surface area contributed by atoms with Crippen molar-refractivity contribution in [2.45, 2.75) is 33.7 Å². The number of carbonyl (C=O) groups is 2. The molecule has 3 amide bonds. The highest BCUT2D eigenvalue weighted by Crippen LogP contribution is 2.21. The van der Waals surface area contributed by atoms with Crippen LogP contribution in [0.2, 0.25) is 0 Å². The average Bonchev–Trinajstić information content (AvgIpc) is 2.59. The summed E-state index contributed by atoms with van der Waals surface area (Å²) >= 11 is 0. The van der Waals surface area contributed by atoms with Crippen LogP contribution in [-0.4, -0.2) is 18.5 Å². The second-order valence-electron chi connectivity index (χ2n) is 6.97. The van der Waals surface area contributed by atoms with Crippen molar-refractivity contribution in [1.82, 2.24) is 10.6 Å². The monoisotopic (exact) mass is 371 g/mol. The van der Waals surface area contributed by atoms with Gasteiger partial charge in [-0.1, -0.05) is 43.7 Å². The molecule has 27 heavy (non-hydrogen) atoms. The van der Waals surface area contributed by atoms with E-state index in [1.807, 2.05) is 39.8 Å². The maximum absolute atomic E-state index is 13.1. The molecule has 3 N–H and O–H groups in total. The third-order valence-corrected chi connectivity index (χ3v) is 4.26. The Morgan fingerprint density at radius 3 is 2.30 bits per heavy atom. The Bertz CT molecular complexity index is 804. The number of benzene rings is 2.